The van der Waals surface area contributed by atoms with E-state index >= 15 is 0 Å². The van der Waals surface area contributed by atoms with Crippen LogP contribution in [0.1, 0.15) is 16.7 Å². The van der Waals surface area contributed by atoms with Gasteiger partial charge in [0.15, 0.2) is 0 Å². The molecule has 2 aromatic carbocycles. The zero-order valence-electron chi connectivity index (χ0n) is 12.4. The number of hydrogen-bond donors (Lipinski definition) is 1. The molecule has 0 aliphatic carbocycles. The van der Waals surface area contributed by atoms with Crippen LogP contribution in [-0.4, -0.2) is 0 Å². The number of nitrogens with one attached hydrogen (secondary N) is 1. The molecule has 22 heavy (non-hydrogen) atoms. The summed E-state index contributed by atoms with van der Waals surface area (Å²) in [6.07, 6.45) is 1.82. The number of benzene rings is 2. The molecule has 0 bridgehead atoms. The first-order valence-electron chi connectivity index (χ1n) is 6.92. The van der Waals surface area contributed by atoms with Crippen LogP contribution in [0.25, 0.3) is 16.2 Å². The lowest BCUT2D eigenvalue weighted by molar-refractivity contribution is 1.30. The molecule has 1 aromatic heterocycles. The monoisotopic (exact) mass is 345 g/mol. The van der Waals surface area contributed by atoms with Gasteiger partial charge >= 0.3 is 0 Å². The Morgan fingerprint density at radius 1 is 1.23 bits per heavy atom. The summed E-state index contributed by atoms with van der Waals surface area (Å²) in [7, 11) is 0. The van der Waals surface area contributed by atoms with Crippen molar-refractivity contribution in [3.63, 3.8) is 0 Å². The van der Waals surface area contributed by atoms with Gasteiger partial charge < -0.3 is 4.72 Å². The van der Waals surface area contributed by atoms with Crippen LogP contribution in [0.3, 0.4) is 0 Å². The van der Waals surface area contributed by atoms with Gasteiger partial charge in [0.25, 0.3) is 0 Å². The van der Waals surface area contributed by atoms with Crippen LogP contribution in [-0.2, 0) is 0 Å². The van der Waals surface area contributed by atoms with Crippen molar-refractivity contribution in [1.82, 2.24) is 0 Å². The normalized spacial score (nSPS) is 10.9. The first-order chi connectivity index (χ1) is 10.6. The number of halogens is 1. The van der Waals surface area contributed by atoms with Crippen molar-refractivity contribution in [3.8, 4) is 0 Å². The van der Waals surface area contributed by atoms with Crippen molar-refractivity contribution in [3.05, 3.63) is 64.0 Å². The van der Waals surface area contributed by atoms with E-state index in [4.69, 9.17) is 11.6 Å². The molecule has 1 heterocycles. The summed E-state index contributed by atoms with van der Waals surface area (Å²) in [6, 6.07) is 10.6. The Morgan fingerprint density at radius 2 is 2.05 bits per heavy atom. The Balaban J connectivity index is 1.89. The number of anilines is 1. The highest BCUT2D eigenvalue weighted by atomic mass is 35.5. The minimum atomic E-state index is 0.770. The first kappa shape index (κ1) is 15.5. The first-order valence-corrected chi connectivity index (χ1v) is 8.99. The van der Waals surface area contributed by atoms with Crippen molar-refractivity contribution >= 4 is 56.7 Å². The predicted molar refractivity (Wildman–Crippen MR) is 102 cm³/mol. The molecule has 0 amide bonds. The molecule has 0 saturated carbocycles. The average Bonchev–Trinajstić information content (AvgIpc) is 2.95. The van der Waals surface area contributed by atoms with Gasteiger partial charge in [-0.15, -0.1) is 11.3 Å². The van der Waals surface area contributed by atoms with Gasteiger partial charge in [-0.3, -0.25) is 0 Å². The molecular weight excluding hydrogens is 330 g/mol. The maximum atomic E-state index is 6.29. The summed E-state index contributed by atoms with van der Waals surface area (Å²) in [5.41, 5.74) is 4.49. The van der Waals surface area contributed by atoms with Crippen LogP contribution in [0.4, 0.5) is 5.69 Å². The highest BCUT2D eigenvalue weighted by molar-refractivity contribution is 8.00. The van der Waals surface area contributed by atoms with Crippen molar-refractivity contribution < 1.29 is 0 Å². The van der Waals surface area contributed by atoms with E-state index < -0.39 is 0 Å². The standard InChI is InChI=1S/C18H16ClNS2/c1-4-13-8-15(19)12(3)17(9-13)22-20-16-10-14-5-6-21-18(14)7-11(16)2/h4-10,20H,1H2,2-3H3. The third-order valence-electron chi connectivity index (χ3n) is 3.63. The molecule has 1 N–H and O–H groups in total. The topological polar surface area (TPSA) is 12.0 Å². The van der Waals surface area contributed by atoms with Gasteiger partial charge in [0.05, 0.1) is 0 Å². The Hall–Kier alpha value is -1.42. The van der Waals surface area contributed by atoms with Gasteiger partial charge in [0.2, 0.25) is 0 Å². The molecule has 0 radical (unpaired) electrons. The SMILES string of the molecule is C=Cc1cc(Cl)c(C)c(SNc2cc3ccsc3cc2C)c1. The van der Waals surface area contributed by atoms with Gasteiger partial charge in [-0.1, -0.05) is 24.3 Å². The largest absolute Gasteiger partial charge is 0.325 e. The van der Waals surface area contributed by atoms with Crippen LogP contribution in [0, 0.1) is 13.8 Å². The number of thiophene rings is 1. The Morgan fingerprint density at radius 3 is 2.82 bits per heavy atom. The smallest absolute Gasteiger partial charge is 0.0479 e. The second-order valence-corrected chi connectivity index (χ2v) is 7.36. The molecule has 3 aromatic rings. The highest BCUT2D eigenvalue weighted by Crippen LogP contribution is 2.33. The Bertz CT molecular complexity index is 852. The number of aryl methyl sites for hydroxylation is 1. The molecule has 4 heteroatoms. The molecule has 1 nitrogen and oxygen atoms in total. The third kappa shape index (κ3) is 3.02. The number of hydrogen-bond acceptors (Lipinski definition) is 3. The zero-order chi connectivity index (χ0) is 15.7. The minimum Gasteiger partial charge on any atom is -0.325 e. The minimum absolute atomic E-state index is 0.770. The maximum absolute atomic E-state index is 6.29. The van der Waals surface area contributed by atoms with Gasteiger partial charge in [-0.05, 0) is 83.6 Å². The zero-order valence-corrected chi connectivity index (χ0v) is 14.8. The number of rotatable bonds is 4. The van der Waals surface area contributed by atoms with Crippen molar-refractivity contribution in [2.24, 2.45) is 0 Å². The fourth-order valence-electron chi connectivity index (χ4n) is 2.23. The lowest BCUT2D eigenvalue weighted by Crippen LogP contribution is -1.92. The Labute approximate surface area is 144 Å². The van der Waals surface area contributed by atoms with Crippen LogP contribution in [0.5, 0.6) is 0 Å². The van der Waals surface area contributed by atoms with E-state index in [0.29, 0.717) is 0 Å². The van der Waals surface area contributed by atoms with Crippen molar-refractivity contribution in [2.75, 3.05) is 4.72 Å². The van der Waals surface area contributed by atoms with Gasteiger partial charge in [-0.2, -0.15) is 0 Å². The van der Waals surface area contributed by atoms with E-state index in [1.54, 1.807) is 23.3 Å². The van der Waals surface area contributed by atoms with Gasteiger partial charge in [0, 0.05) is 20.3 Å². The molecular formula is C18H16ClNS2. The fraction of sp³-hybridized carbons (Fsp3) is 0.111. The summed E-state index contributed by atoms with van der Waals surface area (Å²) in [4.78, 5) is 1.12. The molecule has 3 rings (SSSR count). The summed E-state index contributed by atoms with van der Waals surface area (Å²) in [5, 5.41) is 4.17. The van der Waals surface area contributed by atoms with Crippen molar-refractivity contribution in [2.45, 2.75) is 18.7 Å². The molecule has 0 aliphatic rings. The van der Waals surface area contributed by atoms with E-state index in [2.05, 4.69) is 47.9 Å². The van der Waals surface area contributed by atoms with Crippen molar-refractivity contribution in [1.29, 1.82) is 0 Å². The summed E-state index contributed by atoms with van der Waals surface area (Å²) >= 11 is 9.65. The molecule has 112 valence electrons. The Kier molecular flexibility index (Phi) is 4.48. The van der Waals surface area contributed by atoms with E-state index in [-0.39, 0.29) is 0 Å². The lowest BCUT2D eigenvalue weighted by atomic mass is 10.1. The van der Waals surface area contributed by atoms with E-state index in [1.807, 2.05) is 19.1 Å². The second kappa shape index (κ2) is 6.37. The van der Waals surface area contributed by atoms with E-state index in [1.165, 1.54) is 15.6 Å². The molecule has 0 fully saturated rings. The quantitative estimate of drug-likeness (QED) is 0.514. The van der Waals surface area contributed by atoms with Gasteiger partial charge in [0.1, 0.15) is 0 Å². The maximum Gasteiger partial charge on any atom is 0.0479 e. The van der Waals surface area contributed by atoms with E-state index in [0.717, 1.165) is 26.7 Å². The predicted octanol–water partition coefficient (Wildman–Crippen LogP) is 6.93. The summed E-state index contributed by atoms with van der Waals surface area (Å²) in [6.45, 7) is 7.98. The summed E-state index contributed by atoms with van der Waals surface area (Å²) < 4.78 is 4.78. The van der Waals surface area contributed by atoms with Crippen LogP contribution in [0.2, 0.25) is 5.02 Å². The summed E-state index contributed by atoms with van der Waals surface area (Å²) in [5.74, 6) is 0. The van der Waals surface area contributed by atoms with E-state index in [9.17, 15) is 0 Å². The van der Waals surface area contributed by atoms with Crippen LogP contribution in [0.15, 0.2) is 47.2 Å². The molecule has 0 spiro atoms. The average molecular weight is 346 g/mol. The molecule has 0 atom stereocenters. The van der Waals surface area contributed by atoms with Crippen LogP contribution >= 0.6 is 34.9 Å². The fourth-order valence-corrected chi connectivity index (χ4v) is 4.28. The molecule has 0 saturated heterocycles. The van der Waals surface area contributed by atoms with Gasteiger partial charge in [-0.25, -0.2) is 0 Å². The molecule has 0 unspecified atom stereocenters. The lowest BCUT2D eigenvalue weighted by Gasteiger charge is -2.12. The third-order valence-corrected chi connectivity index (χ3v) is 5.86. The number of fused-ring (bicyclic) bond motifs is 1. The highest BCUT2D eigenvalue weighted by Gasteiger charge is 2.08. The second-order valence-electron chi connectivity index (χ2n) is 5.16. The van der Waals surface area contributed by atoms with Crippen LogP contribution < -0.4 is 4.72 Å². The molecule has 0 aliphatic heterocycles.